The van der Waals surface area contributed by atoms with E-state index in [1.165, 1.54) is 5.69 Å². The monoisotopic (exact) mass is 314 g/mol. The summed E-state index contributed by atoms with van der Waals surface area (Å²) in [6, 6.07) is 19.9. The van der Waals surface area contributed by atoms with Crippen molar-refractivity contribution in [2.24, 2.45) is 0 Å². The molecule has 0 saturated heterocycles. The second kappa shape index (κ2) is 9.18. The molecule has 23 heavy (non-hydrogen) atoms. The molecule has 0 aliphatic rings. The predicted molar refractivity (Wildman–Crippen MR) is 95.2 cm³/mol. The maximum absolute atomic E-state index is 10.1. The minimum atomic E-state index is -0.498. The van der Waals surface area contributed by atoms with Crippen molar-refractivity contribution in [3.8, 4) is 5.75 Å². The molecule has 2 rings (SSSR count). The lowest BCUT2D eigenvalue weighted by atomic mass is 10.3. The molecule has 124 valence electrons. The highest BCUT2D eigenvalue weighted by atomic mass is 16.5. The molecule has 0 bridgehead atoms. The van der Waals surface area contributed by atoms with Crippen LogP contribution < -0.4 is 9.64 Å². The van der Waals surface area contributed by atoms with Crippen molar-refractivity contribution in [1.82, 2.24) is 4.90 Å². The summed E-state index contributed by atoms with van der Waals surface area (Å²) in [5.41, 5.74) is 1.20. The maximum Gasteiger partial charge on any atom is 0.119 e. The number of aliphatic hydroxyl groups excluding tert-OH is 1. The molecule has 4 heteroatoms. The van der Waals surface area contributed by atoms with E-state index >= 15 is 0 Å². The van der Waals surface area contributed by atoms with Gasteiger partial charge in [-0.05, 0) is 31.3 Å². The van der Waals surface area contributed by atoms with Crippen LogP contribution in [0.3, 0.4) is 0 Å². The van der Waals surface area contributed by atoms with Crippen LogP contribution in [0.15, 0.2) is 60.7 Å². The minimum Gasteiger partial charge on any atom is -0.491 e. The van der Waals surface area contributed by atoms with Gasteiger partial charge in [-0.15, -0.1) is 0 Å². The highest BCUT2D eigenvalue weighted by molar-refractivity contribution is 5.44. The zero-order valence-corrected chi connectivity index (χ0v) is 13.9. The Morgan fingerprint density at radius 1 is 0.913 bits per heavy atom. The van der Waals surface area contributed by atoms with Gasteiger partial charge in [-0.1, -0.05) is 36.4 Å². The van der Waals surface area contributed by atoms with E-state index in [0.29, 0.717) is 13.2 Å². The minimum absolute atomic E-state index is 0.308. The Morgan fingerprint density at radius 3 is 2.17 bits per heavy atom. The Labute approximate surface area is 138 Å². The SMILES string of the molecule is CN(CCN(C)c1ccccc1)C[C@H](O)COc1ccccc1. The summed E-state index contributed by atoms with van der Waals surface area (Å²) in [4.78, 5) is 4.34. The van der Waals surface area contributed by atoms with Gasteiger partial charge in [-0.3, -0.25) is 0 Å². The molecule has 2 aromatic carbocycles. The number of hydrogen-bond donors (Lipinski definition) is 1. The molecule has 0 amide bonds. The molecular weight excluding hydrogens is 288 g/mol. The van der Waals surface area contributed by atoms with Crippen molar-refractivity contribution in [1.29, 1.82) is 0 Å². The normalized spacial score (nSPS) is 12.2. The number of hydrogen-bond acceptors (Lipinski definition) is 4. The van der Waals surface area contributed by atoms with Crippen molar-refractivity contribution in [3.05, 3.63) is 60.7 Å². The van der Waals surface area contributed by atoms with Crippen LogP contribution in [0.5, 0.6) is 5.75 Å². The summed E-state index contributed by atoms with van der Waals surface area (Å²) < 4.78 is 5.58. The molecule has 0 aromatic heterocycles. The standard InChI is InChI=1S/C19H26N2O2/c1-20(13-14-21(2)17-9-5-3-6-10-17)15-18(22)16-23-19-11-7-4-8-12-19/h3-12,18,22H,13-16H2,1-2H3/t18-/m0/s1. The van der Waals surface area contributed by atoms with Gasteiger partial charge in [-0.2, -0.15) is 0 Å². The number of anilines is 1. The van der Waals surface area contributed by atoms with Crippen molar-refractivity contribution >= 4 is 5.69 Å². The van der Waals surface area contributed by atoms with Crippen LogP contribution in [-0.4, -0.2) is 56.4 Å². The quantitative estimate of drug-likeness (QED) is 0.771. The largest absolute Gasteiger partial charge is 0.491 e. The molecule has 0 heterocycles. The molecule has 0 saturated carbocycles. The topological polar surface area (TPSA) is 35.9 Å². The van der Waals surface area contributed by atoms with Gasteiger partial charge in [0.25, 0.3) is 0 Å². The summed E-state index contributed by atoms with van der Waals surface area (Å²) in [7, 11) is 4.10. The third-order valence-corrected chi connectivity index (χ3v) is 3.72. The second-order valence-electron chi connectivity index (χ2n) is 5.80. The molecule has 0 fully saturated rings. The first-order valence-corrected chi connectivity index (χ1v) is 7.96. The maximum atomic E-state index is 10.1. The van der Waals surface area contributed by atoms with Gasteiger partial charge in [-0.25, -0.2) is 0 Å². The summed E-state index contributed by atoms with van der Waals surface area (Å²) >= 11 is 0. The number of rotatable bonds is 9. The number of ether oxygens (including phenoxy) is 1. The molecule has 0 unspecified atom stereocenters. The molecule has 2 aromatic rings. The Balaban J connectivity index is 1.66. The molecule has 1 N–H and O–H groups in total. The van der Waals surface area contributed by atoms with E-state index in [-0.39, 0.29) is 0 Å². The molecule has 0 aliphatic heterocycles. The van der Waals surface area contributed by atoms with Gasteiger partial charge in [0.1, 0.15) is 18.5 Å². The highest BCUT2D eigenvalue weighted by Gasteiger charge is 2.10. The van der Waals surface area contributed by atoms with Gasteiger partial charge in [0.2, 0.25) is 0 Å². The molecule has 0 spiro atoms. The summed E-state index contributed by atoms with van der Waals surface area (Å²) in [5.74, 6) is 0.790. The van der Waals surface area contributed by atoms with E-state index in [9.17, 15) is 5.11 Å². The highest BCUT2D eigenvalue weighted by Crippen LogP contribution is 2.11. The third kappa shape index (κ3) is 6.30. The fraction of sp³-hybridized carbons (Fsp3) is 0.368. The van der Waals surface area contributed by atoms with Crippen LogP contribution in [-0.2, 0) is 0 Å². The van der Waals surface area contributed by atoms with Crippen molar-refractivity contribution < 1.29 is 9.84 Å². The Morgan fingerprint density at radius 2 is 1.52 bits per heavy atom. The first kappa shape index (κ1) is 17.3. The van der Waals surface area contributed by atoms with Crippen LogP contribution in [0.1, 0.15) is 0 Å². The average Bonchev–Trinajstić information content (AvgIpc) is 2.59. The zero-order valence-electron chi connectivity index (χ0n) is 13.9. The summed E-state index contributed by atoms with van der Waals surface area (Å²) in [6.45, 7) is 2.69. The smallest absolute Gasteiger partial charge is 0.119 e. The summed E-state index contributed by atoms with van der Waals surface area (Å²) in [5, 5.41) is 10.1. The molecular formula is C19H26N2O2. The fourth-order valence-corrected chi connectivity index (χ4v) is 2.35. The van der Waals surface area contributed by atoms with E-state index in [1.807, 2.05) is 55.6 Å². The van der Waals surface area contributed by atoms with E-state index in [2.05, 4.69) is 29.0 Å². The molecule has 0 radical (unpaired) electrons. The number of aliphatic hydroxyl groups is 1. The van der Waals surface area contributed by atoms with Crippen LogP contribution in [0.2, 0.25) is 0 Å². The van der Waals surface area contributed by atoms with Crippen molar-refractivity contribution in [3.63, 3.8) is 0 Å². The Kier molecular flexibility index (Phi) is 6.91. The van der Waals surface area contributed by atoms with Gasteiger partial charge in [0.05, 0.1) is 0 Å². The predicted octanol–water partition coefficient (Wildman–Crippen LogP) is 2.49. The number of benzene rings is 2. The lowest BCUT2D eigenvalue weighted by Gasteiger charge is -2.25. The lowest BCUT2D eigenvalue weighted by Crippen LogP contribution is -2.37. The van der Waals surface area contributed by atoms with Crippen LogP contribution in [0, 0.1) is 0 Å². The number of nitrogens with zero attached hydrogens (tertiary/aromatic N) is 2. The second-order valence-corrected chi connectivity index (χ2v) is 5.80. The third-order valence-electron chi connectivity index (χ3n) is 3.72. The molecule has 0 aliphatic carbocycles. The van der Waals surface area contributed by atoms with Crippen LogP contribution in [0.4, 0.5) is 5.69 Å². The Hall–Kier alpha value is -2.04. The van der Waals surface area contributed by atoms with Gasteiger partial charge >= 0.3 is 0 Å². The Bertz CT molecular complexity index is 548. The lowest BCUT2D eigenvalue weighted by molar-refractivity contribution is 0.0771. The first-order valence-electron chi connectivity index (χ1n) is 7.96. The van der Waals surface area contributed by atoms with Gasteiger partial charge < -0.3 is 19.6 Å². The van der Waals surface area contributed by atoms with Crippen molar-refractivity contribution in [2.45, 2.75) is 6.10 Å². The molecule has 4 nitrogen and oxygen atoms in total. The van der Waals surface area contributed by atoms with E-state index in [4.69, 9.17) is 4.74 Å². The van der Waals surface area contributed by atoms with Crippen LogP contribution >= 0.6 is 0 Å². The summed E-state index contributed by atoms with van der Waals surface area (Å²) in [6.07, 6.45) is -0.498. The van der Waals surface area contributed by atoms with E-state index in [0.717, 1.165) is 18.8 Å². The van der Waals surface area contributed by atoms with E-state index in [1.54, 1.807) is 0 Å². The average molecular weight is 314 g/mol. The zero-order chi connectivity index (χ0) is 16.5. The number of likely N-dealkylation sites (N-methyl/N-ethyl adjacent to an activating group) is 2. The molecule has 1 atom stereocenters. The van der Waals surface area contributed by atoms with Gasteiger partial charge in [0.15, 0.2) is 0 Å². The number of para-hydroxylation sites is 2. The van der Waals surface area contributed by atoms with Crippen molar-refractivity contribution in [2.75, 3.05) is 45.2 Å². The van der Waals surface area contributed by atoms with Crippen LogP contribution in [0.25, 0.3) is 0 Å². The fourth-order valence-electron chi connectivity index (χ4n) is 2.35. The van der Waals surface area contributed by atoms with Gasteiger partial charge in [0, 0.05) is 32.4 Å². The van der Waals surface area contributed by atoms with E-state index < -0.39 is 6.10 Å². The first-order chi connectivity index (χ1) is 11.1.